The zero-order chi connectivity index (χ0) is 24.1. The zero-order valence-corrected chi connectivity index (χ0v) is 19.9. The molecular weight excluding hydrogens is 450 g/mol. The number of nitrogens with zero attached hydrogens (tertiary/aromatic N) is 5. The summed E-state index contributed by atoms with van der Waals surface area (Å²) in [6.45, 7) is 5.84. The van der Waals surface area contributed by atoms with Gasteiger partial charge < -0.3 is 19.9 Å². The predicted octanol–water partition coefficient (Wildman–Crippen LogP) is 4.42. The average molecular weight is 479 g/mol. The Balaban J connectivity index is 1.32. The Bertz CT molecular complexity index is 1280. The number of likely N-dealkylation sites (N-methyl/N-ethyl adjacent to an activating group) is 1. The van der Waals surface area contributed by atoms with Crippen LogP contribution in [0.3, 0.4) is 0 Å². The summed E-state index contributed by atoms with van der Waals surface area (Å²) in [5.41, 5.74) is 3.33. The summed E-state index contributed by atoms with van der Waals surface area (Å²) in [5, 5.41) is 3.25. The zero-order valence-electron chi connectivity index (χ0n) is 19.9. The molecule has 7 nitrogen and oxygen atoms in total. The minimum atomic E-state index is -0.740. The molecule has 0 amide bonds. The molecule has 1 saturated heterocycles. The van der Waals surface area contributed by atoms with Crippen molar-refractivity contribution in [3.63, 3.8) is 0 Å². The van der Waals surface area contributed by atoms with Gasteiger partial charge in [-0.1, -0.05) is 11.6 Å². The summed E-state index contributed by atoms with van der Waals surface area (Å²) in [5.74, 6) is 0.507. The average Bonchev–Trinajstić information content (AvgIpc) is 3.47. The lowest BCUT2D eigenvalue weighted by Gasteiger charge is -2.32. The minimum absolute atomic E-state index is 0.0814. The molecule has 1 N–H and O–H groups in total. The number of aromatic nitrogens is 2. The molecule has 6 rings (SSSR count). The molecule has 2 fully saturated rings. The van der Waals surface area contributed by atoms with Crippen molar-refractivity contribution in [2.24, 2.45) is 10.9 Å². The molecular formula is C26H28F2N6O. The van der Waals surface area contributed by atoms with E-state index in [9.17, 15) is 4.39 Å². The van der Waals surface area contributed by atoms with Crippen LogP contribution in [0, 0.1) is 17.6 Å². The molecule has 2 aliphatic carbocycles. The highest BCUT2D eigenvalue weighted by Gasteiger charge is 2.28. The van der Waals surface area contributed by atoms with Crippen molar-refractivity contribution in [3.8, 4) is 11.6 Å². The third kappa shape index (κ3) is 4.52. The smallest absolute Gasteiger partial charge is 0.230 e. The van der Waals surface area contributed by atoms with E-state index in [-0.39, 0.29) is 5.88 Å². The number of fused-ring (bicyclic) bond motifs is 1. The normalized spacial score (nSPS) is 19.9. The summed E-state index contributed by atoms with van der Waals surface area (Å²) in [6.07, 6.45) is 6.80. The number of ether oxygens (including phenoxy) is 1. The fraction of sp³-hybridized carbons (Fsp3) is 0.423. The number of aliphatic imine (C=N–C) groups is 1. The summed E-state index contributed by atoms with van der Waals surface area (Å²) in [4.78, 5) is 18.1. The molecule has 0 spiro atoms. The van der Waals surface area contributed by atoms with E-state index >= 15 is 4.39 Å². The maximum absolute atomic E-state index is 15.2. The first-order chi connectivity index (χ1) is 16.9. The first-order valence-corrected chi connectivity index (χ1v) is 12.1. The van der Waals surface area contributed by atoms with Gasteiger partial charge in [0.15, 0.2) is 11.6 Å². The third-order valence-corrected chi connectivity index (χ3v) is 6.96. The topological polar surface area (TPSA) is 65.9 Å². The van der Waals surface area contributed by atoms with E-state index < -0.39 is 17.4 Å². The van der Waals surface area contributed by atoms with Crippen LogP contribution < -0.4 is 15.0 Å². The quantitative estimate of drug-likeness (QED) is 0.687. The van der Waals surface area contributed by atoms with Gasteiger partial charge in [-0.05, 0) is 62.4 Å². The predicted molar refractivity (Wildman–Crippen MR) is 132 cm³/mol. The number of benzene rings is 1. The largest absolute Gasteiger partial charge is 0.433 e. The minimum Gasteiger partial charge on any atom is -0.433 e. The molecule has 2 aromatic rings. The van der Waals surface area contributed by atoms with Crippen LogP contribution in [-0.4, -0.2) is 60.5 Å². The van der Waals surface area contributed by atoms with Crippen molar-refractivity contribution in [1.82, 2.24) is 14.9 Å². The highest BCUT2D eigenvalue weighted by Crippen LogP contribution is 2.39. The van der Waals surface area contributed by atoms with Gasteiger partial charge >= 0.3 is 0 Å². The molecule has 4 aliphatic rings. The number of nitrogens with one attached hydrogen (secondary N) is 1. The molecule has 9 heteroatoms. The number of allylic oxidation sites excluding steroid dienone is 1. The molecule has 1 saturated carbocycles. The maximum atomic E-state index is 15.2. The van der Waals surface area contributed by atoms with Crippen molar-refractivity contribution >= 4 is 23.7 Å². The Morgan fingerprint density at radius 3 is 2.63 bits per heavy atom. The van der Waals surface area contributed by atoms with Crippen LogP contribution in [0.1, 0.15) is 30.9 Å². The van der Waals surface area contributed by atoms with Crippen LogP contribution >= 0.6 is 0 Å². The van der Waals surface area contributed by atoms with E-state index in [1.807, 2.05) is 6.92 Å². The van der Waals surface area contributed by atoms with E-state index in [0.717, 1.165) is 37.6 Å². The SMILES string of the molecule is CC1=Cc2c(cc(F)c(Oc3cc(NC4=NCC(C5CC5)=C4)nc(N4CCN(C)CC4)n3)c2F)C1. The van der Waals surface area contributed by atoms with Gasteiger partial charge in [0.2, 0.25) is 17.6 Å². The highest BCUT2D eigenvalue weighted by atomic mass is 19.1. The van der Waals surface area contributed by atoms with Crippen LogP contribution in [0.25, 0.3) is 6.08 Å². The van der Waals surface area contributed by atoms with E-state index in [0.29, 0.717) is 41.8 Å². The van der Waals surface area contributed by atoms with E-state index in [2.05, 4.69) is 43.2 Å². The van der Waals surface area contributed by atoms with Gasteiger partial charge in [-0.2, -0.15) is 9.97 Å². The Labute approximate surface area is 203 Å². The lowest BCUT2D eigenvalue weighted by Crippen LogP contribution is -2.45. The van der Waals surface area contributed by atoms with Gasteiger partial charge in [0, 0.05) is 37.8 Å². The van der Waals surface area contributed by atoms with Gasteiger partial charge in [0.25, 0.3) is 0 Å². The van der Waals surface area contributed by atoms with Crippen molar-refractivity contribution in [2.75, 3.05) is 50.0 Å². The summed E-state index contributed by atoms with van der Waals surface area (Å²) in [7, 11) is 2.07. The Morgan fingerprint density at radius 2 is 1.86 bits per heavy atom. The second kappa shape index (κ2) is 8.71. The molecule has 35 heavy (non-hydrogen) atoms. The Hall–Kier alpha value is -3.33. The molecule has 0 bridgehead atoms. The summed E-state index contributed by atoms with van der Waals surface area (Å²) in [6, 6.07) is 2.91. The molecule has 2 aliphatic heterocycles. The lowest BCUT2D eigenvalue weighted by molar-refractivity contribution is 0.310. The first-order valence-electron chi connectivity index (χ1n) is 12.1. The number of hydrogen-bond acceptors (Lipinski definition) is 7. The standard InChI is InChI=1S/C26H28F2N6O/c1-15-9-17-11-20(27)25(24(28)19(17)10-15)35-23-13-22(30-21-12-18(14-29-21)16-3-4-16)31-26(32-23)34-7-5-33(2)6-8-34/h10-13,16H,3-9,14H2,1-2H3,(H,29,30,31,32). The lowest BCUT2D eigenvalue weighted by atomic mass is 10.1. The van der Waals surface area contributed by atoms with Crippen molar-refractivity contribution in [3.05, 3.63) is 52.1 Å². The van der Waals surface area contributed by atoms with Gasteiger partial charge in [-0.3, -0.25) is 4.99 Å². The van der Waals surface area contributed by atoms with Crippen molar-refractivity contribution in [1.29, 1.82) is 0 Å². The first kappa shape index (κ1) is 22.2. The summed E-state index contributed by atoms with van der Waals surface area (Å²) < 4.78 is 35.9. The third-order valence-electron chi connectivity index (χ3n) is 6.96. The molecule has 1 aromatic heterocycles. The van der Waals surface area contributed by atoms with E-state index in [1.165, 1.54) is 24.5 Å². The second-order valence-corrected chi connectivity index (χ2v) is 9.85. The molecule has 182 valence electrons. The van der Waals surface area contributed by atoms with Crippen molar-refractivity contribution in [2.45, 2.75) is 26.2 Å². The molecule has 0 unspecified atom stereocenters. The molecule has 3 heterocycles. The summed E-state index contributed by atoms with van der Waals surface area (Å²) >= 11 is 0. The Morgan fingerprint density at radius 1 is 1.06 bits per heavy atom. The maximum Gasteiger partial charge on any atom is 0.230 e. The fourth-order valence-corrected chi connectivity index (χ4v) is 4.79. The number of piperazine rings is 1. The Kier molecular flexibility index (Phi) is 5.51. The fourth-order valence-electron chi connectivity index (χ4n) is 4.79. The molecule has 0 radical (unpaired) electrons. The number of anilines is 2. The van der Waals surface area contributed by atoms with Gasteiger partial charge in [-0.15, -0.1) is 0 Å². The highest BCUT2D eigenvalue weighted by molar-refractivity contribution is 6.05. The van der Waals surface area contributed by atoms with Crippen LogP contribution in [-0.2, 0) is 6.42 Å². The molecule has 1 aromatic carbocycles. The van der Waals surface area contributed by atoms with Crippen LogP contribution in [0.15, 0.2) is 34.3 Å². The van der Waals surface area contributed by atoms with Crippen LogP contribution in [0.2, 0.25) is 0 Å². The van der Waals surface area contributed by atoms with E-state index in [1.54, 1.807) is 12.1 Å². The number of rotatable bonds is 5. The van der Waals surface area contributed by atoms with E-state index in [4.69, 9.17) is 4.74 Å². The van der Waals surface area contributed by atoms with Gasteiger partial charge in [-0.25, -0.2) is 8.78 Å². The van der Waals surface area contributed by atoms with Gasteiger partial charge in [0.1, 0.15) is 11.7 Å². The van der Waals surface area contributed by atoms with Crippen LogP contribution in [0.4, 0.5) is 20.5 Å². The van der Waals surface area contributed by atoms with Crippen molar-refractivity contribution < 1.29 is 13.5 Å². The monoisotopic (exact) mass is 478 g/mol. The number of amidine groups is 1. The van der Waals surface area contributed by atoms with Gasteiger partial charge in [0.05, 0.1) is 6.54 Å². The van der Waals surface area contributed by atoms with Crippen LogP contribution in [0.5, 0.6) is 11.6 Å². The second-order valence-electron chi connectivity index (χ2n) is 9.85. The molecule has 0 atom stereocenters. The number of hydrogen-bond donors (Lipinski definition) is 1. The number of halogens is 2.